The minimum atomic E-state index is -0.0627. The maximum absolute atomic E-state index is 6.80. The summed E-state index contributed by atoms with van der Waals surface area (Å²) < 4.78 is 13.3. The molecule has 6 heteroatoms. The minimum Gasteiger partial charge on any atom is -0.510 e. The molecule has 0 unspecified atom stereocenters. The third kappa shape index (κ3) is 8.07. The van der Waals surface area contributed by atoms with Crippen molar-refractivity contribution in [1.29, 1.82) is 0 Å². The van der Waals surface area contributed by atoms with Crippen LogP contribution in [0.3, 0.4) is 0 Å². The molecule has 0 amide bonds. The number of hydrogen-bond donors (Lipinski definition) is 0. The fourth-order valence-electron chi connectivity index (χ4n) is 11.1. The molecule has 0 fully saturated rings. The van der Waals surface area contributed by atoms with Crippen LogP contribution in [-0.4, -0.2) is 14.1 Å². The summed E-state index contributed by atoms with van der Waals surface area (Å²) in [6.07, 6.45) is 5.72. The first-order valence-electron chi connectivity index (χ1n) is 25.5. The molecule has 5 nitrogen and oxygen atoms in total. The minimum absolute atomic E-state index is 0. The van der Waals surface area contributed by atoms with Crippen LogP contribution in [0.5, 0.6) is 11.5 Å². The van der Waals surface area contributed by atoms with Gasteiger partial charge in [0.05, 0.1) is 16.7 Å². The fourth-order valence-corrected chi connectivity index (χ4v) is 11.1. The average molecular weight is 1160 g/mol. The number of aromatic nitrogens is 4. The summed E-state index contributed by atoms with van der Waals surface area (Å²) in [5.41, 5.74) is 21.0. The number of ether oxygens (including phenoxy) is 1. The molecule has 0 saturated carbocycles. The molecule has 14 rings (SSSR count). The van der Waals surface area contributed by atoms with E-state index in [0.29, 0.717) is 11.5 Å². The zero-order valence-corrected chi connectivity index (χ0v) is 44.3. The van der Waals surface area contributed by atoms with Crippen molar-refractivity contribution in [3.63, 3.8) is 0 Å². The van der Waals surface area contributed by atoms with Crippen LogP contribution in [0.1, 0.15) is 26.3 Å². The molecule has 1 aliphatic rings. The Balaban J connectivity index is 0.00000553. The summed E-state index contributed by atoms with van der Waals surface area (Å²) in [7, 11) is 0. The fraction of sp³-hybridized carbons (Fsp3) is 0.0571. The van der Waals surface area contributed by atoms with Crippen molar-refractivity contribution < 1.29 is 30.4 Å². The van der Waals surface area contributed by atoms with Crippen molar-refractivity contribution >= 4 is 32.8 Å². The summed E-state index contributed by atoms with van der Waals surface area (Å²) in [5.74, 6) is 1.96. The van der Waals surface area contributed by atoms with Gasteiger partial charge in [-0.15, -0.1) is 29.7 Å². The van der Waals surface area contributed by atoms with E-state index in [4.69, 9.17) is 9.72 Å². The van der Waals surface area contributed by atoms with Crippen LogP contribution >= 0.6 is 0 Å². The van der Waals surface area contributed by atoms with Crippen LogP contribution in [0, 0.1) is 18.5 Å². The van der Waals surface area contributed by atoms with E-state index in [0.717, 1.165) is 72.3 Å². The Bertz CT molecular complexity index is 4370. The van der Waals surface area contributed by atoms with E-state index in [1.165, 1.54) is 50.1 Å². The molecule has 0 saturated heterocycles. The monoisotopic (exact) mass is 1160 g/mol. The second kappa shape index (κ2) is 18.8. The summed E-state index contributed by atoms with van der Waals surface area (Å²) in [6.45, 7) is 6.70. The van der Waals surface area contributed by atoms with Crippen molar-refractivity contribution in [2.24, 2.45) is 0 Å². The Morgan fingerprint density at radius 1 is 0.447 bits per heavy atom. The van der Waals surface area contributed by atoms with Crippen LogP contribution in [0.15, 0.2) is 237 Å². The number of hydrogen-bond acceptors (Lipinski definition) is 2. The first kappa shape index (κ1) is 46.9. The Labute approximate surface area is 456 Å². The first-order valence-corrected chi connectivity index (χ1v) is 25.5. The zero-order valence-electron chi connectivity index (χ0n) is 42.0. The largest absolute Gasteiger partial charge is 0.510 e. The van der Waals surface area contributed by atoms with Crippen molar-refractivity contribution in [2.75, 3.05) is 0 Å². The van der Waals surface area contributed by atoms with Gasteiger partial charge >= 0.3 is 0 Å². The number of rotatable bonds is 7. The van der Waals surface area contributed by atoms with Crippen LogP contribution < -0.4 is 9.30 Å². The SMILES string of the molecule is CC(C)(C)c1ccnc(-n2c3[c-]c(Oc4[c-]c(-n5[c-][n+](-c6ccc7c(c6)-c6ccccc6-c6ccccc6-c6ccccc6-7)c6ccc(-c7ccccc7)cc65)ccc4)ccc3c3cc(-c4ccccc4)ccc32)c1.[Pt]. The van der Waals surface area contributed by atoms with E-state index in [1.807, 2.05) is 24.4 Å². The molecule has 366 valence electrons. The van der Waals surface area contributed by atoms with Gasteiger partial charge in [0.1, 0.15) is 5.82 Å². The topological polar surface area (TPSA) is 35.9 Å². The van der Waals surface area contributed by atoms with Crippen LogP contribution in [0.25, 0.3) is 117 Å². The van der Waals surface area contributed by atoms with E-state index < -0.39 is 0 Å². The summed E-state index contributed by atoms with van der Waals surface area (Å²) >= 11 is 0. The molecule has 0 radical (unpaired) electrons. The Morgan fingerprint density at radius 2 is 1.03 bits per heavy atom. The normalized spacial score (nSPS) is 11.8. The number of benzene rings is 10. The van der Waals surface area contributed by atoms with Crippen molar-refractivity contribution in [3.05, 3.63) is 261 Å². The molecule has 1 aliphatic carbocycles. The summed E-state index contributed by atoms with van der Waals surface area (Å²) in [4.78, 5) is 4.95. The molecular weight excluding hydrogens is 1110 g/mol. The van der Waals surface area contributed by atoms with Gasteiger partial charge in [-0.25, -0.2) is 4.98 Å². The number of fused-ring (bicyclic) bond motifs is 12. The van der Waals surface area contributed by atoms with Gasteiger partial charge in [0.15, 0.2) is 0 Å². The summed E-state index contributed by atoms with van der Waals surface area (Å²) in [6, 6.07) is 89.4. The van der Waals surface area contributed by atoms with Crippen LogP contribution in [0.2, 0.25) is 0 Å². The number of nitrogens with zero attached hydrogens (tertiary/aromatic N) is 4. The molecule has 76 heavy (non-hydrogen) atoms. The van der Waals surface area contributed by atoms with E-state index in [9.17, 15) is 0 Å². The Kier molecular flexibility index (Phi) is 11.6. The van der Waals surface area contributed by atoms with E-state index in [-0.39, 0.29) is 26.5 Å². The third-order valence-corrected chi connectivity index (χ3v) is 14.8. The molecular formula is C70H48N4OPt-2. The molecule has 10 aromatic carbocycles. The predicted molar refractivity (Wildman–Crippen MR) is 305 cm³/mol. The van der Waals surface area contributed by atoms with E-state index in [2.05, 4.69) is 265 Å². The Morgan fingerprint density at radius 3 is 1.67 bits per heavy atom. The van der Waals surface area contributed by atoms with E-state index in [1.54, 1.807) is 0 Å². The third-order valence-electron chi connectivity index (χ3n) is 14.8. The maximum Gasteiger partial charge on any atom is 0.268 e. The van der Waals surface area contributed by atoms with E-state index >= 15 is 0 Å². The standard InChI is InChI=1S/C70H48N4O.Pt/c1-70(2,3)50-37-38-71-69(41-50)74-65-35-29-48(46-17-6-4-7-18-46)39-64(65)62-34-32-54(44-67(62)74)75-53-22-16-21-51(42-53)73-45-72(66-36-30-49(40-68(66)73)47-19-8-5-9-20-47)52-31-33-61-59-27-13-12-25-57(59)55-23-10-11-24-56(55)58-26-14-15-28-60(58)63(61)43-52;/h4-41,43H,1-3H3;/q-2;. The van der Waals surface area contributed by atoms with Crippen molar-refractivity contribution in [2.45, 2.75) is 26.2 Å². The van der Waals surface area contributed by atoms with Gasteiger partial charge in [-0.2, -0.15) is 18.2 Å². The van der Waals surface area contributed by atoms with Gasteiger partial charge in [0, 0.05) is 44.3 Å². The molecule has 0 aliphatic heterocycles. The molecule has 0 atom stereocenters. The maximum atomic E-state index is 6.80. The molecule has 13 aromatic rings. The smallest absolute Gasteiger partial charge is 0.268 e. The molecule has 3 heterocycles. The van der Waals surface area contributed by atoms with Gasteiger partial charge in [-0.05, 0) is 125 Å². The second-order valence-corrected chi connectivity index (χ2v) is 20.4. The Hall–Kier alpha value is -8.89. The molecule has 0 N–H and O–H groups in total. The van der Waals surface area contributed by atoms with Gasteiger partial charge in [-0.3, -0.25) is 4.57 Å². The molecule has 3 aromatic heterocycles. The van der Waals surface area contributed by atoms with Crippen LogP contribution in [-0.2, 0) is 26.5 Å². The predicted octanol–water partition coefficient (Wildman–Crippen LogP) is 17.2. The van der Waals surface area contributed by atoms with Gasteiger partial charge in [0.2, 0.25) is 0 Å². The quantitative estimate of drug-likeness (QED) is 0.118. The average Bonchev–Trinajstić information content (AvgIpc) is 4.01. The number of imidazole rings is 1. The van der Waals surface area contributed by atoms with Crippen molar-refractivity contribution in [1.82, 2.24) is 14.1 Å². The van der Waals surface area contributed by atoms with Crippen LogP contribution in [0.4, 0.5) is 0 Å². The molecule has 0 spiro atoms. The van der Waals surface area contributed by atoms with Crippen molar-refractivity contribution in [3.8, 4) is 95.5 Å². The van der Waals surface area contributed by atoms with Gasteiger partial charge in [0.25, 0.3) is 6.33 Å². The van der Waals surface area contributed by atoms with Gasteiger partial charge < -0.3 is 13.9 Å². The van der Waals surface area contributed by atoms with Gasteiger partial charge in [-0.1, -0.05) is 190 Å². The second-order valence-electron chi connectivity index (χ2n) is 20.4. The molecule has 0 bridgehead atoms. The number of pyridine rings is 1. The summed E-state index contributed by atoms with van der Waals surface area (Å²) in [5, 5.41) is 2.18. The first-order chi connectivity index (χ1) is 36.8. The zero-order chi connectivity index (χ0) is 50.2.